The van der Waals surface area contributed by atoms with Crippen molar-refractivity contribution in [3.8, 4) is 6.07 Å². The summed E-state index contributed by atoms with van der Waals surface area (Å²) in [4.78, 5) is 10.9. The zero-order chi connectivity index (χ0) is 14.4. The fourth-order valence-electron chi connectivity index (χ4n) is 1.78. The number of benzene rings is 2. The van der Waals surface area contributed by atoms with Gasteiger partial charge in [-0.15, -0.1) is 0 Å². The maximum atomic E-state index is 10.9. The largest absolute Gasteiger partial charge is 0.381 e. The lowest BCUT2D eigenvalue weighted by Gasteiger charge is -2.08. The summed E-state index contributed by atoms with van der Waals surface area (Å²) < 4.78 is 0. The summed E-state index contributed by atoms with van der Waals surface area (Å²) in [6.45, 7) is 2.17. The quantitative estimate of drug-likeness (QED) is 0.892. The van der Waals surface area contributed by atoms with Crippen molar-refractivity contribution < 1.29 is 4.79 Å². The molecular weight excluding hydrogens is 250 g/mol. The summed E-state index contributed by atoms with van der Waals surface area (Å²) in [7, 11) is 0. The minimum absolute atomic E-state index is 0.0803. The number of carbonyl (C=O) groups is 1. The Bertz CT molecular complexity index is 624. The second kappa shape index (κ2) is 6.39. The Morgan fingerprint density at radius 1 is 1.05 bits per heavy atom. The summed E-state index contributed by atoms with van der Waals surface area (Å²) in [6.07, 6.45) is 0. The van der Waals surface area contributed by atoms with Crippen LogP contribution in [0.4, 0.5) is 11.4 Å². The predicted octanol–water partition coefficient (Wildman–Crippen LogP) is 3.13. The topological polar surface area (TPSA) is 64.9 Å². The monoisotopic (exact) mass is 265 g/mol. The third-order valence-corrected chi connectivity index (χ3v) is 2.78. The highest BCUT2D eigenvalue weighted by atomic mass is 16.1. The van der Waals surface area contributed by atoms with Gasteiger partial charge in [-0.1, -0.05) is 12.1 Å². The normalized spacial score (nSPS) is 9.60. The minimum Gasteiger partial charge on any atom is -0.381 e. The van der Waals surface area contributed by atoms with Gasteiger partial charge in [0.05, 0.1) is 11.6 Å². The van der Waals surface area contributed by atoms with E-state index >= 15 is 0 Å². The second-order valence-corrected chi connectivity index (χ2v) is 4.42. The van der Waals surface area contributed by atoms with Gasteiger partial charge in [-0.3, -0.25) is 4.79 Å². The number of nitrogens with zero attached hydrogens (tertiary/aromatic N) is 1. The Labute approximate surface area is 118 Å². The average molecular weight is 265 g/mol. The van der Waals surface area contributed by atoms with E-state index in [1.54, 1.807) is 12.1 Å². The van der Waals surface area contributed by atoms with Crippen LogP contribution in [0, 0.1) is 11.3 Å². The van der Waals surface area contributed by atoms with E-state index < -0.39 is 0 Å². The van der Waals surface area contributed by atoms with Gasteiger partial charge >= 0.3 is 0 Å². The molecule has 0 heterocycles. The summed E-state index contributed by atoms with van der Waals surface area (Å²) in [6, 6.07) is 17.1. The van der Waals surface area contributed by atoms with E-state index in [1.165, 1.54) is 6.92 Å². The van der Waals surface area contributed by atoms with Crippen molar-refractivity contribution in [2.45, 2.75) is 13.5 Å². The fraction of sp³-hybridized carbons (Fsp3) is 0.125. The minimum atomic E-state index is -0.0803. The molecule has 2 aromatic rings. The van der Waals surface area contributed by atoms with Crippen LogP contribution in [0.2, 0.25) is 0 Å². The molecular formula is C16H15N3O. The third-order valence-electron chi connectivity index (χ3n) is 2.78. The molecule has 0 radical (unpaired) electrons. The Kier molecular flexibility index (Phi) is 4.35. The molecule has 0 fully saturated rings. The number of nitriles is 1. The number of rotatable bonds is 4. The number of hydrogen-bond acceptors (Lipinski definition) is 3. The van der Waals surface area contributed by atoms with E-state index in [0.717, 1.165) is 16.9 Å². The van der Waals surface area contributed by atoms with Gasteiger partial charge in [0.25, 0.3) is 0 Å². The molecule has 0 aliphatic carbocycles. The first-order valence-electron chi connectivity index (χ1n) is 6.28. The molecule has 0 aliphatic rings. The molecule has 0 saturated carbocycles. The van der Waals surface area contributed by atoms with Crippen LogP contribution in [0.3, 0.4) is 0 Å². The third kappa shape index (κ3) is 3.85. The van der Waals surface area contributed by atoms with Crippen LogP contribution in [0.5, 0.6) is 0 Å². The summed E-state index contributed by atoms with van der Waals surface area (Å²) in [5.41, 5.74) is 3.52. The fourth-order valence-corrected chi connectivity index (χ4v) is 1.78. The van der Waals surface area contributed by atoms with Crippen molar-refractivity contribution in [2.24, 2.45) is 0 Å². The Balaban J connectivity index is 1.93. The van der Waals surface area contributed by atoms with Gasteiger partial charge in [0.2, 0.25) is 5.91 Å². The number of hydrogen-bond donors (Lipinski definition) is 2. The van der Waals surface area contributed by atoms with Crippen LogP contribution in [-0.2, 0) is 11.3 Å². The lowest BCUT2D eigenvalue weighted by Crippen LogP contribution is -2.05. The molecule has 4 nitrogen and oxygen atoms in total. The van der Waals surface area contributed by atoms with Crippen LogP contribution in [-0.4, -0.2) is 5.91 Å². The van der Waals surface area contributed by atoms with E-state index in [2.05, 4.69) is 16.7 Å². The molecule has 2 N–H and O–H groups in total. The molecule has 4 heteroatoms. The van der Waals surface area contributed by atoms with E-state index in [1.807, 2.05) is 36.4 Å². The van der Waals surface area contributed by atoms with E-state index in [4.69, 9.17) is 5.26 Å². The summed E-state index contributed by atoms with van der Waals surface area (Å²) >= 11 is 0. The van der Waals surface area contributed by atoms with Crippen LogP contribution < -0.4 is 10.6 Å². The zero-order valence-corrected chi connectivity index (χ0v) is 11.2. The number of amides is 1. The van der Waals surface area contributed by atoms with Crippen molar-refractivity contribution in [3.05, 3.63) is 59.7 Å². The van der Waals surface area contributed by atoms with Gasteiger partial charge in [0.1, 0.15) is 0 Å². The molecule has 0 aromatic heterocycles. The van der Waals surface area contributed by atoms with E-state index in [-0.39, 0.29) is 5.91 Å². The summed E-state index contributed by atoms with van der Waals surface area (Å²) in [5, 5.41) is 14.7. The van der Waals surface area contributed by atoms with Crippen molar-refractivity contribution in [3.63, 3.8) is 0 Å². The smallest absolute Gasteiger partial charge is 0.221 e. The van der Waals surface area contributed by atoms with Crippen molar-refractivity contribution in [2.75, 3.05) is 10.6 Å². The number of nitrogens with one attached hydrogen (secondary N) is 2. The van der Waals surface area contributed by atoms with Crippen LogP contribution in [0.25, 0.3) is 0 Å². The molecule has 0 atom stereocenters. The van der Waals surface area contributed by atoms with Gasteiger partial charge in [-0.2, -0.15) is 5.26 Å². The molecule has 0 saturated heterocycles. The first kappa shape index (κ1) is 13.6. The summed E-state index contributed by atoms with van der Waals surface area (Å²) in [5.74, 6) is -0.0803. The van der Waals surface area contributed by atoms with E-state index in [9.17, 15) is 4.79 Å². The van der Waals surface area contributed by atoms with Crippen LogP contribution in [0.1, 0.15) is 18.1 Å². The first-order valence-corrected chi connectivity index (χ1v) is 6.28. The van der Waals surface area contributed by atoms with Gasteiger partial charge < -0.3 is 10.6 Å². The lowest BCUT2D eigenvalue weighted by atomic mass is 10.1. The SMILES string of the molecule is CC(=O)Nc1ccc(NCc2ccc(C#N)cc2)cc1. The Morgan fingerprint density at radius 3 is 2.20 bits per heavy atom. The van der Waals surface area contributed by atoms with Crippen LogP contribution >= 0.6 is 0 Å². The standard InChI is InChI=1S/C16H15N3O/c1-12(20)19-16-8-6-15(7-9-16)18-11-14-4-2-13(10-17)3-5-14/h2-9,18H,11H2,1H3,(H,19,20). The Morgan fingerprint density at radius 2 is 1.65 bits per heavy atom. The number of anilines is 2. The molecule has 0 unspecified atom stereocenters. The number of carbonyl (C=O) groups excluding carboxylic acids is 1. The maximum absolute atomic E-state index is 10.9. The van der Waals surface area contributed by atoms with Gasteiger partial charge in [-0.25, -0.2) is 0 Å². The van der Waals surface area contributed by atoms with Crippen LogP contribution in [0.15, 0.2) is 48.5 Å². The lowest BCUT2D eigenvalue weighted by molar-refractivity contribution is -0.114. The highest BCUT2D eigenvalue weighted by Gasteiger charge is 1.97. The van der Waals surface area contributed by atoms with Gasteiger partial charge in [0, 0.05) is 24.8 Å². The maximum Gasteiger partial charge on any atom is 0.221 e. The highest BCUT2D eigenvalue weighted by molar-refractivity contribution is 5.88. The highest BCUT2D eigenvalue weighted by Crippen LogP contribution is 2.14. The van der Waals surface area contributed by atoms with Crippen molar-refractivity contribution >= 4 is 17.3 Å². The van der Waals surface area contributed by atoms with Gasteiger partial charge in [-0.05, 0) is 42.0 Å². The van der Waals surface area contributed by atoms with Crippen molar-refractivity contribution in [1.82, 2.24) is 0 Å². The zero-order valence-electron chi connectivity index (χ0n) is 11.2. The van der Waals surface area contributed by atoms with E-state index in [0.29, 0.717) is 12.1 Å². The molecule has 2 aromatic carbocycles. The molecule has 100 valence electrons. The van der Waals surface area contributed by atoms with Gasteiger partial charge in [0.15, 0.2) is 0 Å². The molecule has 2 rings (SSSR count). The predicted molar refractivity (Wildman–Crippen MR) is 79.2 cm³/mol. The molecule has 0 aliphatic heterocycles. The first-order chi connectivity index (χ1) is 9.67. The average Bonchev–Trinajstić information content (AvgIpc) is 2.46. The Hall–Kier alpha value is -2.80. The molecule has 0 bridgehead atoms. The van der Waals surface area contributed by atoms with Crippen molar-refractivity contribution in [1.29, 1.82) is 5.26 Å². The molecule has 20 heavy (non-hydrogen) atoms. The second-order valence-electron chi connectivity index (χ2n) is 4.42. The molecule has 1 amide bonds. The molecule has 0 spiro atoms.